The molecule has 0 fully saturated rings. The molecular weight excluding hydrogens is 641 g/mol. The highest BCUT2D eigenvalue weighted by molar-refractivity contribution is 7.99. The standard InChI is InChI=1S/C46H30N4S/c1-47-28-29-20-23-42-40(24-29)46(38-18-10-11-19-41(38)51-42)37-17-9-8-16-35(37)36-26-32-21-22-33(25-34(32)27-39(36)46)45-49-43(30-12-4-2-5-13-30)48-44(50-45)31-14-6-3-7-15-31/h2-28H,1H3. The molecule has 1 aliphatic heterocycles. The number of fused-ring (bicyclic) bond motifs is 10. The van der Waals surface area contributed by atoms with E-state index in [9.17, 15) is 0 Å². The molecule has 7 aromatic carbocycles. The van der Waals surface area contributed by atoms with E-state index in [1.165, 1.54) is 48.6 Å². The Kier molecular flexibility index (Phi) is 6.83. The summed E-state index contributed by atoms with van der Waals surface area (Å²) < 4.78 is 0. The summed E-state index contributed by atoms with van der Waals surface area (Å²) in [6, 6.07) is 56.3. The van der Waals surface area contributed by atoms with Gasteiger partial charge in [-0.2, -0.15) is 0 Å². The van der Waals surface area contributed by atoms with Crippen LogP contribution < -0.4 is 0 Å². The molecule has 240 valence electrons. The Morgan fingerprint density at radius 1 is 0.471 bits per heavy atom. The van der Waals surface area contributed by atoms with E-state index in [1.54, 1.807) is 0 Å². The first-order valence-corrected chi connectivity index (χ1v) is 17.9. The van der Waals surface area contributed by atoms with Gasteiger partial charge in [-0.05, 0) is 86.1 Å². The highest BCUT2D eigenvalue weighted by Gasteiger charge is 2.50. The first kappa shape index (κ1) is 29.7. The molecule has 1 unspecified atom stereocenters. The Morgan fingerprint density at radius 2 is 1.10 bits per heavy atom. The van der Waals surface area contributed by atoms with Crippen LogP contribution in [0.2, 0.25) is 0 Å². The third-order valence-corrected chi connectivity index (χ3v) is 11.3. The maximum Gasteiger partial charge on any atom is 0.164 e. The lowest BCUT2D eigenvalue weighted by Crippen LogP contribution is -2.32. The number of aromatic nitrogens is 3. The van der Waals surface area contributed by atoms with E-state index in [2.05, 4.69) is 102 Å². The van der Waals surface area contributed by atoms with Crippen molar-refractivity contribution in [2.45, 2.75) is 15.2 Å². The van der Waals surface area contributed by atoms with E-state index in [0.717, 1.165) is 27.6 Å². The molecule has 0 amide bonds. The lowest BCUT2D eigenvalue weighted by atomic mass is 9.67. The van der Waals surface area contributed by atoms with Crippen LogP contribution >= 0.6 is 11.8 Å². The van der Waals surface area contributed by atoms with Crippen LogP contribution in [0.15, 0.2) is 173 Å². The predicted octanol–water partition coefficient (Wildman–Crippen LogP) is 10.9. The van der Waals surface area contributed by atoms with Gasteiger partial charge >= 0.3 is 0 Å². The molecule has 10 rings (SSSR count). The van der Waals surface area contributed by atoms with Crippen molar-refractivity contribution in [1.82, 2.24) is 15.0 Å². The monoisotopic (exact) mass is 670 g/mol. The van der Waals surface area contributed by atoms with Crippen LogP contribution in [-0.4, -0.2) is 28.2 Å². The summed E-state index contributed by atoms with van der Waals surface area (Å²) in [5, 5.41) is 2.32. The summed E-state index contributed by atoms with van der Waals surface area (Å²) in [4.78, 5) is 21.9. The molecule has 2 heterocycles. The van der Waals surface area contributed by atoms with Crippen molar-refractivity contribution in [3.8, 4) is 45.3 Å². The summed E-state index contributed by atoms with van der Waals surface area (Å²) >= 11 is 1.85. The second-order valence-corrected chi connectivity index (χ2v) is 14.1. The first-order chi connectivity index (χ1) is 25.2. The molecule has 1 spiro atoms. The Labute approximate surface area is 300 Å². The van der Waals surface area contributed by atoms with Crippen molar-refractivity contribution in [1.29, 1.82) is 0 Å². The second kappa shape index (κ2) is 11.7. The molecule has 0 N–H and O–H groups in total. The van der Waals surface area contributed by atoms with Crippen molar-refractivity contribution >= 4 is 28.7 Å². The normalized spacial score (nSPS) is 15.5. The van der Waals surface area contributed by atoms with Crippen molar-refractivity contribution < 1.29 is 0 Å². The molecule has 0 radical (unpaired) electrons. The van der Waals surface area contributed by atoms with Crippen molar-refractivity contribution in [3.05, 3.63) is 186 Å². The van der Waals surface area contributed by atoms with Gasteiger partial charge in [-0.25, -0.2) is 15.0 Å². The number of hydrogen-bond donors (Lipinski definition) is 0. The minimum atomic E-state index is -0.487. The number of hydrogen-bond acceptors (Lipinski definition) is 5. The van der Waals surface area contributed by atoms with Crippen molar-refractivity contribution in [2.75, 3.05) is 7.05 Å². The van der Waals surface area contributed by atoms with Gasteiger partial charge in [0.25, 0.3) is 0 Å². The Balaban J connectivity index is 1.23. The minimum Gasteiger partial charge on any atom is -0.296 e. The summed E-state index contributed by atoms with van der Waals surface area (Å²) in [5.41, 5.74) is 11.2. The summed E-state index contributed by atoms with van der Waals surface area (Å²) in [6.07, 6.45) is 1.95. The average Bonchev–Trinajstić information content (AvgIpc) is 3.47. The van der Waals surface area contributed by atoms with Gasteiger partial charge in [0.05, 0.1) is 5.41 Å². The summed E-state index contributed by atoms with van der Waals surface area (Å²) in [5.74, 6) is 1.96. The fraction of sp³-hybridized carbons (Fsp3) is 0.0435. The predicted molar refractivity (Wildman–Crippen MR) is 209 cm³/mol. The average molecular weight is 671 g/mol. The zero-order chi connectivity index (χ0) is 33.9. The molecule has 5 heteroatoms. The van der Waals surface area contributed by atoms with Crippen LogP contribution in [0.4, 0.5) is 0 Å². The van der Waals surface area contributed by atoms with Crippen LogP contribution in [0.5, 0.6) is 0 Å². The number of benzene rings is 7. The van der Waals surface area contributed by atoms with Crippen LogP contribution in [0, 0.1) is 0 Å². The second-order valence-electron chi connectivity index (χ2n) is 13.0. The Morgan fingerprint density at radius 3 is 1.82 bits per heavy atom. The third kappa shape index (κ3) is 4.62. The molecule has 8 aromatic rings. The van der Waals surface area contributed by atoms with E-state index in [4.69, 9.17) is 15.0 Å². The Bertz CT molecular complexity index is 2630. The topological polar surface area (TPSA) is 51.0 Å². The lowest BCUT2D eigenvalue weighted by molar-refractivity contribution is 0.723. The van der Waals surface area contributed by atoms with Crippen LogP contribution in [0.1, 0.15) is 27.8 Å². The van der Waals surface area contributed by atoms with E-state index in [1.807, 2.05) is 85.7 Å². The fourth-order valence-electron chi connectivity index (χ4n) is 7.97. The highest BCUT2D eigenvalue weighted by atomic mass is 32.2. The van der Waals surface area contributed by atoms with E-state index in [0.29, 0.717) is 17.5 Å². The number of nitrogens with zero attached hydrogens (tertiary/aromatic N) is 4. The van der Waals surface area contributed by atoms with Gasteiger partial charge in [-0.3, -0.25) is 4.99 Å². The van der Waals surface area contributed by atoms with Gasteiger partial charge in [0.15, 0.2) is 17.5 Å². The SMILES string of the molecule is CN=Cc1ccc2c(c1)C1(c3ccccc3S2)c2ccccc2-c2cc3ccc(-c4nc(-c5ccccc5)nc(-c5ccccc5)n4)cc3cc21. The smallest absolute Gasteiger partial charge is 0.164 e. The quantitative estimate of drug-likeness (QED) is 0.175. The fourth-order valence-corrected chi connectivity index (χ4v) is 9.14. The molecular formula is C46H30N4S. The van der Waals surface area contributed by atoms with Crippen molar-refractivity contribution in [3.63, 3.8) is 0 Å². The van der Waals surface area contributed by atoms with Gasteiger partial charge in [-0.15, -0.1) is 0 Å². The van der Waals surface area contributed by atoms with Crippen LogP contribution in [0.3, 0.4) is 0 Å². The maximum absolute atomic E-state index is 5.04. The molecule has 0 bridgehead atoms. The first-order valence-electron chi connectivity index (χ1n) is 17.1. The molecule has 1 aromatic heterocycles. The van der Waals surface area contributed by atoms with Gasteiger partial charge in [-0.1, -0.05) is 133 Å². The molecule has 0 saturated carbocycles. The van der Waals surface area contributed by atoms with Gasteiger partial charge in [0.1, 0.15) is 0 Å². The molecule has 4 nitrogen and oxygen atoms in total. The van der Waals surface area contributed by atoms with Crippen LogP contribution in [-0.2, 0) is 5.41 Å². The van der Waals surface area contributed by atoms with Gasteiger partial charge in [0.2, 0.25) is 0 Å². The zero-order valence-corrected chi connectivity index (χ0v) is 28.6. The molecule has 2 aliphatic rings. The third-order valence-electron chi connectivity index (χ3n) is 10.2. The van der Waals surface area contributed by atoms with E-state index >= 15 is 0 Å². The zero-order valence-electron chi connectivity index (χ0n) is 27.8. The maximum atomic E-state index is 5.04. The van der Waals surface area contributed by atoms with Gasteiger partial charge < -0.3 is 0 Å². The molecule has 1 aliphatic carbocycles. The Hall–Kier alpha value is -6.17. The van der Waals surface area contributed by atoms with Crippen molar-refractivity contribution in [2.24, 2.45) is 4.99 Å². The van der Waals surface area contributed by atoms with E-state index in [-0.39, 0.29) is 0 Å². The molecule has 0 saturated heterocycles. The minimum absolute atomic E-state index is 0.487. The molecule has 51 heavy (non-hydrogen) atoms. The summed E-state index contributed by atoms with van der Waals surface area (Å²) in [7, 11) is 1.83. The molecule has 1 atom stereocenters. The van der Waals surface area contributed by atoms with Gasteiger partial charge in [0, 0.05) is 39.7 Å². The summed E-state index contributed by atoms with van der Waals surface area (Å²) in [6.45, 7) is 0. The largest absolute Gasteiger partial charge is 0.296 e. The van der Waals surface area contributed by atoms with Crippen LogP contribution in [0.25, 0.3) is 56.1 Å². The number of aliphatic imine (C=N–C) groups is 1. The highest BCUT2D eigenvalue weighted by Crippen LogP contribution is 2.62. The van der Waals surface area contributed by atoms with E-state index < -0.39 is 5.41 Å². The lowest BCUT2D eigenvalue weighted by Gasteiger charge is -2.40. The number of rotatable bonds is 4.